The average molecular weight is 1230 g/mol. The maximum absolute atomic E-state index is 13.0. The van der Waals surface area contributed by atoms with Gasteiger partial charge in [0, 0.05) is 25.7 Å². The Balaban J connectivity index is 5.18. The second kappa shape index (κ2) is 55.4. The van der Waals surface area contributed by atoms with Crippen molar-refractivity contribution in [2.24, 2.45) is 17.8 Å². The van der Waals surface area contributed by atoms with Gasteiger partial charge in [0.1, 0.15) is 19.3 Å². The molecule has 0 radical (unpaired) electrons. The van der Waals surface area contributed by atoms with Gasteiger partial charge in [-0.2, -0.15) is 0 Å². The van der Waals surface area contributed by atoms with Crippen LogP contribution in [0, 0.1) is 17.8 Å². The van der Waals surface area contributed by atoms with E-state index in [0.29, 0.717) is 31.6 Å². The molecule has 0 fully saturated rings. The van der Waals surface area contributed by atoms with E-state index in [0.717, 1.165) is 108 Å². The van der Waals surface area contributed by atoms with Gasteiger partial charge in [0.25, 0.3) is 0 Å². The third kappa shape index (κ3) is 58.8. The molecule has 5 atom stereocenters. The summed E-state index contributed by atoms with van der Waals surface area (Å²) in [7, 11) is -9.88. The molecule has 0 spiro atoms. The fourth-order valence-corrected chi connectivity index (χ4v) is 11.1. The Morgan fingerprint density at radius 2 is 0.554 bits per heavy atom. The molecular formula is C64H124O17P2. The molecule has 83 heavy (non-hydrogen) atoms. The molecule has 492 valence electrons. The molecule has 0 saturated carbocycles. The Labute approximate surface area is 505 Å². The Kier molecular flexibility index (Phi) is 54.1. The highest BCUT2D eigenvalue weighted by Crippen LogP contribution is 2.45. The number of phosphoric ester groups is 2. The molecular weight excluding hydrogens is 1100 g/mol. The van der Waals surface area contributed by atoms with Crippen LogP contribution in [-0.2, 0) is 65.4 Å². The molecule has 0 aromatic heterocycles. The van der Waals surface area contributed by atoms with Crippen molar-refractivity contribution in [2.75, 3.05) is 39.6 Å². The zero-order valence-corrected chi connectivity index (χ0v) is 55.4. The molecule has 0 saturated heterocycles. The summed E-state index contributed by atoms with van der Waals surface area (Å²) >= 11 is 0. The summed E-state index contributed by atoms with van der Waals surface area (Å²) in [4.78, 5) is 72.0. The van der Waals surface area contributed by atoms with E-state index >= 15 is 0 Å². The smallest absolute Gasteiger partial charge is 0.462 e. The second-order valence-electron chi connectivity index (χ2n) is 24.6. The lowest BCUT2D eigenvalue weighted by molar-refractivity contribution is -0.161. The van der Waals surface area contributed by atoms with Crippen molar-refractivity contribution in [2.45, 2.75) is 330 Å². The maximum atomic E-state index is 13.0. The molecule has 19 heteroatoms. The minimum atomic E-state index is -4.94. The van der Waals surface area contributed by atoms with Crippen LogP contribution in [0.1, 0.15) is 312 Å². The first-order chi connectivity index (χ1) is 39.7. The van der Waals surface area contributed by atoms with Crippen molar-refractivity contribution in [3.63, 3.8) is 0 Å². The highest BCUT2D eigenvalue weighted by atomic mass is 31.2. The van der Waals surface area contributed by atoms with Gasteiger partial charge in [0.05, 0.1) is 26.4 Å². The summed E-state index contributed by atoms with van der Waals surface area (Å²) < 4.78 is 67.8. The van der Waals surface area contributed by atoms with E-state index in [1.807, 2.05) is 0 Å². The molecule has 0 aliphatic heterocycles. The summed E-state index contributed by atoms with van der Waals surface area (Å²) in [6.07, 6.45) is 36.6. The van der Waals surface area contributed by atoms with Crippen LogP contribution in [0.25, 0.3) is 0 Å². The van der Waals surface area contributed by atoms with Crippen LogP contribution in [-0.4, -0.2) is 96.7 Å². The summed E-state index contributed by atoms with van der Waals surface area (Å²) in [6, 6.07) is 0. The summed E-state index contributed by atoms with van der Waals surface area (Å²) in [6.45, 7) is 11.6. The number of aliphatic hydroxyl groups is 1. The molecule has 17 nitrogen and oxygen atoms in total. The van der Waals surface area contributed by atoms with Gasteiger partial charge in [0.2, 0.25) is 0 Å². The number of ether oxygens (including phenoxy) is 4. The minimum Gasteiger partial charge on any atom is -0.462 e. The van der Waals surface area contributed by atoms with Gasteiger partial charge >= 0.3 is 39.5 Å². The number of esters is 4. The van der Waals surface area contributed by atoms with Crippen molar-refractivity contribution < 1.29 is 80.2 Å². The number of carbonyl (C=O) groups is 4. The average Bonchev–Trinajstić information content (AvgIpc) is 3.44. The number of aliphatic hydroxyl groups excluding tert-OH is 1. The van der Waals surface area contributed by atoms with Crippen LogP contribution in [0.5, 0.6) is 0 Å². The van der Waals surface area contributed by atoms with Crippen LogP contribution >= 0.6 is 15.6 Å². The fraction of sp³-hybridized carbons (Fsp3) is 0.938. The van der Waals surface area contributed by atoms with Crippen molar-refractivity contribution >= 4 is 39.5 Å². The molecule has 0 aromatic carbocycles. The van der Waals surface area contributed by atoms with E-state index in [9.17, 15) is 43.2 Å². The Hall–Kier alpha value is -1.94. The van der Waals surface area contributed by atoms with E-state index in [4.69, 9.17) is 37.0 Å². The molecule has 0 aliphatic carbocycles. The van der Waals surface area contributed by atoms with Crippen LogP contribution in [0.4, 0.5) is 0 Å². The van der Waals surface area contributed by atoms with Gasteiger partial charge in [-0.3, -0.25) is 37.3 Å². The second-order valence-corrected chi connectivity index (χ2v) is 27.5. The molecule has 0 bridgehead atoms. The molecule has 0 amide bonds. The first kappa shape index (κ1) is 81.1. The number of hydrogen-bond donors (Lipinski definition) is 3. The van der Waals surface area contributed by atoms with Crippen molar-refractivity contribution in [1.29, 1.82) is 0 Å². The van der Waals surface area contributed by atoms with E-state index in [1.165, 1.54) is 116 Å². The number of unbranched alkanes of at least 4 members (excludes halogenated alkanes) is 30. The number of carbonyl (C=O) groups excluding carboxylic acids is 4. The lowest BCUT2D eigenvalue weighted by Gasteiger charge is -2.21. The molecule has 0 aliphatic rings. The standard InChI is InChI=1S/C64H124O17P2/c1-8-9-10-28-38-45-61(66)74-51-59(80-64(69)48-41-34-27-21-24-31-37-44-57(6)7)53-78-82(70,71)76-49-58(65)50-77-83(72,73)79-54-60(52-75-62(67)46-39-32-25-19-16-15-18-23-30-36-43-56(4)5)81-63(68)47-40-33-26-20-14-12-11-13-17-22-29-35-42-55(2)3/h55-60,65H,8-54H2,1-7H3,(H,70,71)(H,72,73)/t58-,59+,60+/m0/s1. The first-order valence-electron chi connectivity index (χ1n) is 33.3. The van der Waals surface area contributed by atoms with E-state index in [2.05, 4.69) is 48.5 Å². The number of phosphoric acid groups is 2. The Morgan fingerprint density at radius 3 is 0.819 bits per heavy atom. The van der Waals surface area contributed by atoms with Gasteiger partial charge in [0.15, 0.2) is 12.2 Å². The lowest BCUT2D eigenvalue weighted by Crippen LogP contribution is -2.30. The van der Waals surface area contributed by atoms with Crippen molar-refractivity contribution in [3.8, 4) is 0 Å². The van der Waals surface area contributed by atoms with Crippen molar-refractivity contribution in [1.82, 2.24) is 0 Å². The zero-order chi connectivity index (χ0) is 61.7. The zero-order valence-electron chi connectivity index (χ0n) is 53.6. The number of hydrogen-bond acceptors (Lipinski definition) is 15. The monoisotopic (exact) mass is 1230 g/mol. The Morgan fingerprint density at radius 1 is 0.325 bits per heavy atom. The summed E-state index contributed by atoms with van der Waals surface area (Å²) in [5, 5.41) is 10.5. The van der Waals surface area contributed by atoms with E-state index in [-0.39, 0.29) is 25.7 Å². The molecule has 0 aromatic rings. The van der Waals surface area contributed by atoms with Crippen LogP contribution in [0.3, 0.4) is 0 Å². The molecule has 0 heterocycles. The largest absolute Gasteiger partial charge is 0.472 e. The quantitative estimate of drug-likeness (QED) is 0.0222. The van der Waals surface area contributed by atoms with Gasteiger partial charge in [-0.05, 0) is 43.4 Å². The predicted molar refractivity (Wildman–Crippen MR) is 331 cm³/mol. The van der Waals surface area contributed by atoms with Gasteiger partial charge < -0.3 is 33.8 Å². The fourth-order valence-electron chi connectivity index (χ4n) is 9.48. The summed E-state index contributed by atoms with van der Waals surface area (Å²) in [5.74, 6) is 0.0839. The Bertz CT molecular complexity index is 1650. The SMILES string of the molecule is CCCCCCCC(=O)OC[C@H](COP(=O)(O)OC[C@H](O)COP(=O)(O)OC[C@@H](COC(=O)CCCCCCCCCCCCC(C)C)OC(=O)CCCCCCCCCCCCCCC(C)C)OC(=O)CCCCCCCCCC(C)C. The van der Waals surface area contributed by atoms with Crippen LogP contribution in [0.15, 0.2) is 0 Å². The maximum Gasteiger partial charge on any atom is 0.472 e. The minimum absolute atomic E-state index is 0.102. The van der Waals surface area contributed by atoms with E-state index < -0.39 is 97.5 Å². The number of rotatable bonds is 62. The normalized spacial score (nSPS) is 14.4. The van der Waals surface area contributed by atoms with E-state index in [1.54, 1.807) is 0 Å². The molecule has 3 N–H and O–H groups in total. The summed E-state index contributed by atoms with van der Waals surface area (Å²) in [5.41, 5.74) is 0. The third-order valence-corrected chi connectivity index (χ3v) is 16.5. The lowest BCUT2D eigenvalue weighted by atomic mass is 10.0. The highest BCUT2D eigenvalue weighted by Gasteiger charge is 2.30. The van der Waals surface area contributed by atoms with Crippen LogP contribution in [0.2, 0.25) is 0 Å². The first-order valence-corrected chi connectivity index (χ1v) is 36.3. The predicted octanol–water partition coefficient (Wildman–Crippen LogP) is 17.5. The third-order valence-electron chi connectivity index (χ3n) is 14.6. The molecule has 2 unspecified atom stereocenters. The van der Waals surface area contributed by atoms with Crippen molar-refractivity contribution in [3.05, 3.63) is 0 Å². The van der Waals surface area contributed by atoms with Gasteiger partial charge in [-0.25, -0.2) is 9.13 Å². The van der Waals surface area contributed by atoms with Crippen LogP contribution < -0.4 is 0 Å². The van der Waals surface area contributed by atoms with Gasteiger partial charge in [-0.1, -0.05) is 260 Å². The topological polar surface area (TPSA) is 237 Å². The highest BCUT2D eigenvalue weighted by molar-refractivity contribution is 7.47. The molecule has 0 rings (SSSR count). The van der Waals surface area contributed by atoms with Gasteiger partial charge in [-0.15, -0.1) is 0 Å².